The van der Waals surface area contributed by atoms with Crippen molar-refractivity contribution in [2.24, 2.45) is 0 Å². The van der Waals surface area contributed by atoms with Crippen LogP contribution in [0.4, 0.5) is 0 Å². The summed E-state index contributed by atoms with van der Waals surface area (Å²) in [6, 6.07) is 10.1. The summed E-state index contributed by atoms with van der Waals surface area (Å²) in [5.74, 6) is 1.98. The number of nitrogens with zero attached hydrogens (tertiary/aromatic N) is 5. The Bertz CT molecular complexity index is 735. The fourth-order valence-electron chi connectivity index (χ4n) is 3.58. The van der Waals surface area contributed by atoms with Crippen molar-refractivity contribution in [1.29, 1.82) is 0 Å². The summed E-state index contributed by atoms with van der Waals surface area (Å²) in [4.78, 5) is 21.6. The van der Waals surface area contributed by atoms with Gasteiger partial charge in [0.05, 0.1) is 19.8 Å². The van der Waals surface area contributed by atoms with Crippen LogP contribution >= 0.6 is 0 Å². The van der Waals surface area contributed by atoms with Crippen LogP contribution in [0.25, 0.3) is 0 Å². The maximum absolute atomic E-state index is 12.9. The highest BCUT2D eigenvalue weighted by Gasteiger charge is 2.31. The molecular formula is C19H25N5O2. The van der Waals surface area contributed by atoms with Crippen molar-refractivity contribution in [2.75, 3.05) is 39.9 Å². The molecule has 0 bridgehead atoms. The fraction of sp³-hybridized carbons (Fsp3) is 0.526. The summed E-state index contributed by atoms with van der Waals surface area (Å²) in [5, 5.41) is 4.66. The first kappa shape index (κ1) is 17.2. The zero-order chi connectivity index (χ0) is 17.9. The second-order valence-electron chi connectivity index (χ2n) is 6.98. The van der Waals surface area contributed by atoms with E-state index in [1.807, 2.05) is 34.8 Å². The lowest BCUT2D eigenvalue weighted by molar-refractivity contribution is -0.142. The topological polar surface area (TPSA) is 63.5 Å². The van der Waals surface area contributed by atoms with Crippen molar-refractivity contribution in [3.63, 3.8) is 0 Å². The van der Waals surface area contributed by atoms with E-state index in [4.69, 9.17) is 9.72 Å². The van der Waals surface area contributed by atoms with Gasteiger partial charge in [-0.25, -0.2) is 9.67 Å². The second kappa shape index (κ2) is 7.55. The third-order valence-corrected chi connectivity index (χ3v) is 5.18. The summed E-state index contributed by atoms with van der Waals surface area (Å²) in [6.45, 7) is 4.03. The normalized spacial score (nSPS) is 21.3. The first-order chi connectivity index (χ1) is 12.7. The molecule has 7 nitrogen and oxygen atoms in total. The van der Waals surface area contributed by atoms with Gasteiger partial charge in [-0.2, -0.15) is 5.10 Å². The Morgan fingerprint density at radius 2 is 2.04 bits per heavy atom. The molecule has 1 fully saturated rings. The molecule has 1 saturated heterocycles. The first-order valence-electron chi connectivity index (χ1n) is 9.24. The van der Waals surface area contributed by atoms with Gasteiger partial charge in [0.2, 0.25) is 5.91 Å². The van der Waals surface area contributed by atoms with Gasteiger partial charge in [0, 0.05) is 32.5 Å². The van der Waals surface area contributed by atoms with Crippen molar-refractivity contribution in [2.45, 2.75) is 25.4 Å². The van der Waals surface area contributed by atoms with Gasteiger partial charge in [0.25, 0.3) is 0 Å². The average Bonchev–Trinajstić information content (AvgIpc) is 2.93. The molecule has 138 valence electrons. The highest BCUT2D eigenvalue weighted by atomic mass is 16.5. The maximum atomic E-state index is 12.9. The summed E-state index contributed by atoms with van der Waals surface area (Å²) in [6.07, 6.45) is 1.48. The predicted octanol–water partition coefficient (Wildman–Crippen LogP) is 0.584. The number of hydrogen-bond donors (Lipinski definition) is 0. The molecule has 4 rings (SSSR count). The predicted molar refractivity (Wildman–Crippen MR) is 96.8 cm³/mol. The number of morpholine rings is 1. The molecule has 7 heteroatoms. The lowest BCUT2D eigenvalue weighted by Crippen LogP contribution is -2.53. The minimum Gasteiger partial charge on any atom is -0.378 e. The van der Waals surface area contributed by atoms with Gasteiger partial charge in [0.15, 0.2) is 5.82 Å². The molecular weight excluding hydrogens is 330 g/mol. The van der Waals surface area contributed by atoms with Crippen LogP contribution in [-0.2, 0) is 28.9 Å². The third kappa shape index (κ3) is 3.64. The van der Waals surface area contributed by atoms with E-state index in [0.29, 0.717) is 32.8 Å². The van der Waals surface area contributed by atoms with E-state index >= 15 is 0 Å². The highest BCUT2D eigenvalue weighted by Crippen LogP contribution is 2.14. The van der Waals surface area contributed by atoms with E-state index in [0.717, 1.165) is 31.0 Å². The second-order valence-corrected chi connectivity index (χ2v) is 6.98. The number of fused-ring (bicyclic) bond motifs is 1. The molecule has 1 atom stereocenters. The van der Waals surface area contributed by atoms with Crippen LogP contribution in [0.2, 0.25) is 0 Å². The van der Waals surface area contributed by atoms with Crippen molar-refractivity contribution in [3.8, 4) is 0 Å². The van der Waals surface area contributed by atoms with Crippen LogP contribution in [0.15, 0.2) is 30.3 Å². The van der Waals surface area contributed by atoms with E-state index in [1.165, 1.54) is 5.56 Å². The van der Waals surface area contributed by atoms with Gasteiger partial charge < -0.3 is 9.64 Å². The van der Waals surface area contributed by atoms with E-state index in [1.54, 1.807) is 0 Å². The lowest BCUT2D eigenvalue weighted by atomic mass is 10.1. The number of hydrogen-bond acceptors (Lipinski definition) is 5. The minimum atomic E-state index is -0.171. The van der Waals surface area contributed by atoms with Gasteiger partial charge in [-0.05, 0) is 12.6 Å². The van der Waals surface area contributed by atoms with E-state index in [-0.39, 0.29) is 11.9 Å². The lowest BCUT2D eigenvalue weighted by Gasteiger charge is -2.34. The number of likely N-dealkylation sites (N-methyl/N-ethyl adjacent to an activating group) is 1. The number of carbonyl (C=O) groups excluding carboxylic acids is 1. The molecule has 2 aliphatic heterocycles. The molecule has 2 aromatic rings. The van der Waals surface area contributed by atoms with Crippen LogP contribution < -0.4 is 0 Å². The van der Waals surface area contributed by atoms with Gasteiger partial charge in [-0.1, -0.05) is 30.3 Å². The Balaban J connectivity index is 1.40. The first-order valence-corrected chi connectivity index (χ1v) is 9.24. The van der Waals surface area contributed by atoms with Crippen molar-refractivity contribution in [1.82, 2.24) is 24.6 Å². The van der Waals surface area contributed by atoms with Gasteiger partial charge in [-0.3, -0.25) is 9.69 Å². The molecule has 0 spiro atoms. The molecule has 3 heterocycles. The summed E-state index contributed by atoms with van der Waals surface area (Å²) in [5.41, 5.74) is 1.21. The third-order valence-electron chi connectivity index (χ3n) is 5.18. The molecule has 1 amide bonds. The number of rotatable bonds is 3. The Morgan fingerprint density at radius 3 is 2.85 bits per heavy atom. The molecule has 0 N–H and O–H groups in total. The van der Waals surface area contributed by atoms with Gasteiger partial charge >= 0.3 is 0 Å². The molecule has 0 aliphatic carbocycles. The summed E-state index contributed by atoms with van der Waals surface area (Å²) >= 11 is 0. The van der Waals surface area contributed by atoms with E-state index in [9.17, 15) is 4.79 Å². The van der Waals surface area contributed by atoms with Crippen LogP contribution in [0.1, 0.15) is 17.2 Å². The van der Waals surface area contributed by atoms with Gasteiger partial charge in [0.1, 0.15) is 11.9 Å². The molecule has 2 aliphatic rings. The Morgan fingerprint density at radius 1 is 1.19 bits per heavy atom. The summed E-state index contributed by atoms with van der Waals surface area (Å²) in [7, 11) is 1.99. The Labute approximate surface area is 153 Å². The van der Waals surface area contributed by atoms with Gasteiger partial charge in [-0.15, -0.1) is 0 Å². The quantitative estimate of drug-likeness (QED) is 0.806. The number of amides is 1. The Kier molecular flexibility index (Phi) is 4.99. The van der Waals surface area contributed by atoms with Crippen LogP contribution in [0, 0.1) is 0 Å². The van der Waals surface area contributed by atoms with Crippen molar-refractivity contribution in [3.05, 3.63) is 47.5 Å². The number of aromatic nitrogens is 3. The zero-order valence-corrected chi connectivity index (χ0v) is 15.2. The maximum Gasteiger partial charge on any atom is 0.242 e. The van der Waals surface area contributed by atoms with Crippen LogP contribution in [0.3, 0.4) is 0 Å². The molecule has 26 heavy (non-hydrogen) atoms. The average molecular weight is 355 g/mol. The fourth-order valence-corrected chi connectivity index (χ4v) is 3.58. The molecule has 1 aromatic carbocycles. The van der Waals surface area contributed by atoms with Crippen LogP contribution in [-0.4, -0.2) is 76.4 Å². The number of carbonyl (C=O) groups is 1. The molecule has 0 radical (unpaired) electrons. The Hall–Kier alpha value is -2.25. The van der Waals surface area contributed by atoms with E-state index in [2.05, 4.69) is 22.1 Å². The number of benzene rings is 1. The van der Waals surface area contributed by atoms with E-state index < -0.39 is 0 Å². The van der Waals surface area contributed by atoms with Crippen molar-refractivity contribution >= 4 is 5.91 Å². The monoisotopic (exact) mass is 355 g/mol. The summed E-state index contributed by atoms with van der Waals surface area (Å²) < 4.78 is 7.46. The highest BCUT2D eigenvalue weighted by molar-refractivity contribution is 5.82. The molecule has 0 saturated carbocycles. The zero-order valence-electron chi connectivity index (χ0n) is 15.2. The smallest absolute Gasteiger partial charge is 0.242 e. The SMILES string of the molecule is CN1CCOC[C@@H]1C(=O)N1CCc2nc(Cc3ccccc3)nn2CC1. The van der Waals surface area contributed by atoms with Crippen LogP contribution in [0.5, 0.6) is 0 Å². The molecule has 0 unspecified atom stereocenters. The minimum absolute atomic E-state index is 0.155. The standard InChI is InChI=1S/C19H25N5O2/c1-22-11-12-26-14-16(22)19(25)23-8-7-18-20-17(21-24(18)10-9-23)13-15-5-3-2-4-6-15/h2-6,16H,7-14H2,1H3/t16-/m1/s1. The van der Waals surface area contributed by atoms with Crippen molar-refractivity contribution < 1.29 is 9.53 Å². The number of ether oxygens (including phenoxy) is 1. The molecule has 1 aromatic heterocycles. The largest absolute Gasteiger partial charge is 0.378 e.